The molecule has 0 aliphatic carbocycles. The van der Waals surface area contributed by atoms with Gasteiger partial charge in [-0.05, 0) is 36.8 Å². The van der Waals surface area contributed by atoms with Gasteiger partial charge in [0.15, 0.2) is 0 Å². The van der Waals surface area contributed by atoms with Crippen LogP contribution in [0.15, 0.2) is 42.5 Å². The Morgan fingerprint density at radius 3 is 2.16 bits per heavy atom. The van der Waals surface area contributed by atoms with E-state index in [1.54, 1.807) is 0 Å². The van der Waals surface area contributed by atoms with Crippen molar-refractivity contribution in [3.8, 4) is 16.9 Å². The normalized spacial score (nSPS) is 10.1. The van der Waals surface area contributed by atoms with E-state index in [0.717, 1.165) is 28.3 Å². The van der Waals surface area contributed by atoms with Crippen molar-refractivity contribution in [2.75, 3.05) is 17.5 Å². The fourth-order valence-corrected chi connectivity index (χ4v) is 1.87. The molecule has 0 amide bonds. The largest absolute Gasteiger partial charge is 0.493 e. The predicted molar refractivity (Wildman–Crippen MR) is 78.7 cm³/mol. The van der Waals surface area contributed by atoms with Crippen molar-refractivity contribution < 1.29 is 4.74 Å². The minimum Gasteiger partial charge on any atom is -0.493 e. The molecule has 5 nitrogen and oxygen atoms in total. The van der Waals surface area contributed by atoms with Crippen molar-refractivity contribution in [2.24, 2.45) is 11.7 Å². The molecule has 0 aliphatic rings. The van der Waals surface area contributed by atoms with Gasteiger partial charge < -0.3 is 15.6 Å². The summed E-state index contributed by atoms with van der Waals surface area (Å²) in [6.45, 7) is 2.55. The first-order chi connectivity index (χ1) is 9.28. The Morgan fingerprint density at radius 2 is 1.58 bits per heavy atom. The number of ether oxygens (including phenoxy) is 1. The van der Waals surface area contributed by atoms with Crippen molar-refractivity contribution in [3.05, 3.63) is 42.5 Å². The second-order valence-corrected chi connectivity index (χ2v) is 4.01. The molecule has 6 N–H and O–H groups in total. The smallest absolute Gasteiger partial charge is 0.129 e. The van der Waals surface area contributed by atoms with E-state index in [1.807, 2.05) is 49.4 Å². The topological polar surface area (TPSA) is 85.3 Å². The number of benzene rings is 2. The lowest BCUT2D eigenvalue weighted by molar-refractivity contribution is 0.342. The first kappa shape index (κ1) is 13.2. The molecule has 100 valence electrons. The fourth-order valence-electron chi connectivity index (χ4n) is 1.87. The fraction of sp³-hybridized carbons (Fsp3) is 0.143. The Balaban J connectivity index is 2.41. The van der Waals surface area contributed by atoms with Gasteiger partial charge in [0, 0.05) is 17.3 Å². The summed E-state index contributed by atoms with van der Waals surface area (Å²) in [4.78, 5) is 0. The van der Waals surface area contributed by atoms with Gasteiger partial charge in [0.2, 0.25) is 0 Å². The molecule has 0 unspecified atom stereocenters. The van der Waals surface area contributed by atoms with Crippen LogP contribution in [-0.2, 0) is 0 Å². The van der Waals surface area contributed by atoms with Crippen LogP contribution >= 0.6 is 0 Å². The van der Waals surface area contributed by atoms with Crippen LogP contribution in [0.25, 0.3) is 11.1 Å². The van der Waals surface area contributed by atoms with Crippen LogP contribution in [0.3, 0.4) is 0 Å². The third-order valence-electron chi connectivity index (χ3n) is 2.81. The molecule has 5 heteroatoms. The van der Waals surface area contributed by atoms with Gasteiger partial charge in [0.1, 0.15) is 5.75 Å². The molecule has 0 spiro atoms. The molecule has 2 aromatic rings. The lowest BCUT2D eigenvalue weighted by Gasteiger charge is -2.12. The van der Waals surface area contributed by atoms with Gasteiger partial charge in [0.25, 0.3) is 0 Å². The van der Waals surface area contributed by atoms with Crippen molar-refractivity contribution in [1.82, 2.24) is 0 Å². The second-order valence-electron chi connectivity index (χ2n) is 4.01. The number of rotatable bonds is 5. The molecule has 0 saturated carbocycles. The van der Waals surface area contributed by atoms with Crippen molar-refractivity contribution in [2.45, 2.75) is 6.92 Å². The Bertz CT molecular complexity index is 540. The van der Waals surface area contributed by atoms with Crippen molar-refractivity contribution >= 4 is 11.4 Å². The molecule has 0 bridgehead atoms. The van der Waals surface area contributed by atoms with Crippen LogP contribution in [0.5, 0.6) is 5.75 Å². The van der Waals surface area contributed by atoms with E-state index in [1.165, 1.54) is 0 Å². The summed E-state index contributed by atoms with van der Waals surface area (Å²) in [6.07, 6.45) is 0. The Kier molecular flexibility index (Phi) is 4.22. The Labute approximate surface area is 112 Å². The van der Waals surface area contributed by atoms with Gasteiger partial charge in [-0.1, -0.05) is 12.1 Å². The summed E-state index contributed by atoms with van der Waals surface area (Å²) >= 11 is 0. The van der Waals surface area contributed by atoms with E-state index in [-0.39, 0.29) is 0 Å². The maximum atomic E-state index is 5.65. The molecule has 0 radical (unpaired) electrons. The number of nitrogens with one attached hydrogen (secondary N) is 2. The summed E-state index contributed by atoms with van der Waals surface area (Å²) in [5, 5.41) is 0. The van der Waals surface area contributed by atoms with E-state index in [2.05, 4.69) is 10.9 Å². The number of anilines is 2. The maximum Gasteiger partial charge on any atom is 0.129 e. The van der Waals surface area contributed by atoms with Gasteiger partial charge in [0.05, 0.1) is 12.3 Å². The maximum absolute atomic E-state index is 5.65. The zero-order valence-electron chi connectivity index (χ0n) is 10.8. The van der Waals surface area contributed by atoms with Crippen LogP contribution in [0, 0.1) is 0 Å². The molecule has 19 heavy (non-hydrogen) atoms. The Hall–Kier alpha value is -2.24. The first-order valence-corrected chi connectivity index (χ1v) is 6.09. The standard InChI is InChI=1S/C14H18N4O/c1-2-19-14-9-12(18-16)7-8-13(14)10-3-5-11(17-15)6-4-10/h3-9,17-18H,2,15-16H2,1H3. The molecule has 0 saturated heterocycles. The highest BCUT2D eigenvalue weighted by molar-refractivity contribution is 5.74. The van der Waals surface area contributed by atoms with Gasteiger partial charge in [-0.2, -0.15) is 0 Å². The van der Waals surface area contributed by atoms with E-state index >= 15 is 0 Å². The van der Waals surface area contributed by atoms with E-state index in [9.17, 15) is 0 Å². The molecule has 0 atom stereocenters. The molecule has 0 aliphatic heterocycles. The number of hydrogen-bond acceptors (Lipinski definition) is 5. The van der Waals surface area contributed by atoms with E-state index in [4.69, 9.17) is 16.4 Å². The van der Waals surface area contributed by atoms with Crippen LogP contribution in [0.2, 0.25) is 0 Å². The monoisotopic (exact) mass is 258 g/mol. The molecule has 0 aromatic heterocycles. The van der Waals surface area contributed by atoms with Gasteiger partial charge in [-0.25, -0.2) is 0 Å². The van der Waals surface area contributed by atoms with Crippen molar-refractivity contribution in [1.29, 1.82) is 0 Å². The summed E-state index contributed by atoms with van der Waals surface area (Å²) in [5.74, 6) is 11.6. The predicted octanol–water partition coefficient (Wildman–Crippen LogP) is 2.32. The number of hydrogen-bond donors (Lipinski definition) is 4. The molecular formula is C14H18N4O. The van der Waals surface area contributed by atoms with Gasteiger partial charge >= 0.3 is 0 Å². The highest BCUT2D eigenvalue weighted by Gasteiger charge is 2.07. The summed E-state index contributed by atoms with van der Waals surface area (Å²) in [5.41, 5.74) is 8.98. The van der Waals surface area contributed by atoms with Crippen LogP contribution in [-0.4, -0.2) is 6.61 Å². The zero-order valence-corrected chi connectivity index (χ0v) is 10.8. The van der Waals surface area contributed by atoms with E-state index < -0.39 is 0 Å². The molecule has 0 heterocycles. The van der Waals surface area contributed by atoms with Crippen LogP contribution < -0.4 is 27.3 Å². The highest BCUT2D eigenvalue weighted by atomic mass is 16.5. The first-order valence-electron chi connectivity index (χ1n) is 6.09. The van der Waals surface area contributed by atoms with Crippen LogP contribution in [0.4, 0.5) is 11.4 Å². The second kappa shape index (κ2) is 6.08. The average molecular weight is 258 g/mol. The minimum atomic E-state index is 0.601. The van der Waals surface area contributed by atoms with E-state index in [0.29, 0.717) is 6.61 Å². The molecule has 2 rings (SSSR count). The lowest BCUT2D eigenvalue weighted by atomic mass is 10.0. The van der Waals surface area contributed by atoms with Gasteiger partial charge in [-0.3, -0.25) is 11.7 Å². The summed E-state index contributed by atoms with van der Waals surface area (Å²) in [7, 11) is 0. The van der Waals surface area contributed by atoms with Crippen molar-refractivity contribution in [3.63, 3.8) is 0 Å². The number of hydrazine groups is 2. The number of nitrogens with two attached hydrogens (primary N) is 2. The average Bonchev–Trinajstić information content (AvgIpc) is 2.47. The highest BCUT2D eigenvalue weighted by Crippen LogP contribution is 2.33. The minimum absolute atomic E-state index is 0.601. The van der Waals surface area contributed by atoms with Crippen LogP contribution in [0.1, 0.15) is 6.92 Å². The van der Waals surface area contributed by atoms with Gasteiger partial charge in [-0.15, -0.1) is 0 Å². The third-order valence-corrected chi connectivity index (χ3v) is 2.81. The quantitative estimate of drug-likeness (QED) is 0.488. The Morgan fingerprint density at radius 1 is 0.947 bits per heavy atom. The number of nitrogen functional groups attached to an aromatic ring is 2. The molecule has 0 fully saturated rings. The SMILES string of the molecule is CCOc1cc(NN)ccc1-c1ccc(NN)cc1. The third kappa shape index (κ3) is 2.96. The summed E-state index contributed by atoms with van der Waals surface area (Å²) < 4.78 is 5.65. The summed E-state index contributed by atoms with van der Waals surface area (Å²) in [6, 6.07) is 13.6. The molecule has 2 aromatic carbocycles. The molecular weight excluding hydrogens is 240 g/mol. The lowest BCUT2D eigenvalue weighted by Crippen LogP contribution is -2.07. The zero-order chi connectivity index (χ0) is 13.7.